The van der Waals surface area contributed by atoms with Crippen LogP contribution < -0.4 is 0 Å². The van der Waals surface area contributed by atoms with Gasteiger partial charge in [0, 0.05) is 11.6 Å². The van der Waals surface area contributed by atoms with Gasteiger partial charge in [-0.2, -0.15) is 9.90 Å². The minimum atomic E-state index is -0.981. The van der Waals surface area contributed by atoms with E-state index in [9.17, 15) is 9.59 Å². The van der Waals surface area contributed by atoms with Crippen LogP contribution >= 0.6 is 9.90 Å². The van der Waals surface area contributed by atoms with Crippen molar-refractivity contribution in [2.24, 2.45) is 0 Å². The van der Waals surface area contributed by atoms with E-state index in [0.29, 0.717) is 0 Å². The lowest BCUT2D eigenvalue weighted by atomic mass is 10.4. The van der Waals surface area contributed by atoms with Crippen molar-refractivity contribution in [3.8, 4) is 0 Å². The molecule has 0 aliphatic carbocycles. The maximum atomic E-state index is 9.60. The maximum absolute atomic E-state index is 9.60. The lowest BCUT2D eigenvalue weighted by molar-refractivity contribution is -0.133. The number of carboxylic acid groups (broad SMARTS) is 2. The fourth-order valence-electron chi connectivity index (χ4n) is 0. The Morgan fingerprint density at radius 2 is 1.50 bits per heavy atom. The van der Waals surface area contributed by atoms with Gasteiger partial charge in [0.1, 0.15) is 0 Å². The number of hydrogen-bond donors (Lipinski definition) is 2. The van der Waals surface area contributed by atoms with Gasteiger partial charge in [-0.1, -0.05) is 13.2 Å². The predicted molar refractivity (Wildman–Crippen MR) is 51.4 cm³/mol. The van der Waals surface area contributed by atoms with Gasteiger partial charge in [0.2, 0.25) is 0 Å². The van der Waals surface area contributed by atoms with Gasteiger partial charge in [-0.3, -0.25) is 0 Å². The summed E-state index contributed by atoms with van der Waals surface area (Å²) < 4.78 is 0. The molecule has 5 heteroatoms. The first-order chi connectivity index (χ1) is 4.91. The standard InChI is InChI=1S/C4H6O2.C3H4O2.H3P/c1-3(2)4(5)6;1-2-3(4)5;/h1H2,2H3,(H,5,6);2H,1H2,(H,4,5);1H3. The molecule has 0 aromatic carbocycles. The molecule has 4 nitrogen and oxygen atoms in total. The molecule has 0 radical (unpaired) electrons. The van der Waals surface area contributed by atoms with Crippen molar-refractivity contribution in [2.45, 2.75) is 6.92 Å². The van der Waals surface area contributed by atoms with Crippen LogP contribution in [-0.4, -0.2) is 22.2 Å². The summed E-state index contributed by atoms with van der Waals surface area (Å²) in [4.78, 5) is 18.8. The van der Waals surface area contributed by atoms with Crippen LogP contribution in [0.4, 0.5) is 0 Å². The molecular weight excluding hydrogens is 179 g/mol. The second kappa shape index (κ2) is 9.85. The molecule has 0 fully saturated rings. The van der Waals surface area contributed by atoms with Gasteiger partial charge in [0.05, 0.1) is 0 Å². The van der Waals surface area contributed by atoms with E-state index in [-0.39, 0.29) is 15.5 Å². The van der Waals surface area contributed by atoms with Crippen molar-refractivity contribution in [2.75, 3.05) is 0 Å². The summed E-state index contributed by atoms with van der Waals surface area (Å²) in [7, 11) is 0. The third kappa shape index (κ3) is 23.2. The number of aliphatic carboxylic acids is 2. The highest BCUT2D eigenvalue weighted by Gasteiger charge is 1.90. The normalized spacial score (nSPS) is 6.42. The van der Waals surface area contributed by atoms with Gasteiger partial charge in [0.15, 0.2) is 0 Å². The Labute approximate surface area is 74.2 Å². The summed E-state index contributed by atoms with van der Waals surface area (Å²) in [6.07, 6.45) is 0.833. The molecule has 0 amide bonds. The molecule has 0 spiro atoms. The Morgan fingerprint density at radius 1 is 1.33 bits per heavy atom. The first kappa shape index (κ1) is 17.1. The number of carbonyl (C=O) groups is 2. The van der Waals surface area contributed by atoms with Crippen LogP contribution in [0.25, 0.3) is 0 Å². The van der Waals surface area contributed by atoms with E-state index in [1.807, 2.05) is 0 Å². The Balaban J connectivity index is -0.000000126. The smallest absolute Gasteiger partial charge is 0.330 e. The van der Waals surface area contributed by atoms with E-state index in [1.165, 1.54) is 6.92 Å². The summed E-state index contributed by atoms with van der Waals surface area (Å²) in [5.41, 5.74) is 0.176. The number of hydrogen-bond acceptors (Lipinski definition) is 2. The van der Waals surface area contributed by atoms with Crippen LogP contribution in [0.3, 0.4) is 0 Å². The zero-order chi connectivity index (χ0) is 9.44. The second-order valence-electron chi connectivity index (χ2n) is 1.63. The largest absolute Gasteiger partial charge is 0.478 e. The third-order valence-electron chi connectivity index (χ3n) is 0.540. The van der Waals surface area contributed by atoms with Crippen molar-refractivity contribution < 1.29 is 19.8 Å². The molecule has 0 saturated heterocycles. The van der Waals surface area contributed by atoms with Crippen molar-refractivity contribution in [3.05, 3.63) is 24.8 Å². The monoisotopic (exact) mass is 192 g/mol. The highest BCUT2D eigenvalue weighted by atomic mass is 31.0. The van der Waals surface area contributed by atoms with Gasteiger partial charge in [-0.15, -0.1) is 0 Å². The quantitative estimate of drug-likeness (QED) is 0.504. The van der Waals surface area contributed by atoms with Crippen LogP contribution in [0.5, 0.6) is 0 Å². The SMILES string of the molecule is C=C(C)C(=O)O.C=CC(=O)O.P. The fourth-order valence-corrected chi connectivity index (χ4v) is 0. The Bertz CT molecular complexity index is 174. The van der Waals surface area contributed by atoms with Gasteiger partial charge in [0.25, 0.3) is 0 Å². The highest BCUT2D eigenvalue weighted by molar-refractivity contribution is 6.92. The van der Waals surface area contributed by atoms with E-state index >= 15 is 0 Å². The van der Waals surface area contributed by atoms with Gasteiger partial charge >= 0.3 is 11.9 Å². The lowest BCUT2D eigenvalue weighted by Crippen LogP contribution is -1.92. The predicted octanol–water partition coefficient (Wildman–Crippen LogP) is 0.962. The molecule has 0 heterocycles. The first-order valence-corrected chi connectivity index (χ1v) is 2.66. The van der Waals surface area contributed by atoms with Gasteiger partial charge in [-0.25, -0.2) is 9.59 Å². The van der Waals surface area contributed by atoms with Crippen molar-refractivity contribution >= 4 is 21.8 Å². The summed E-state index contributed by atoms with van der Waals surface area (Å²) >= 11 is 0. The molecule has 0 saturated carbocycles. The molecular formula is C7H13O4P. The van der Waals surface area contributed by atoms with Crippen molar-refractivity contribution in [3.63, 3.8) is 0 Å². The van der Waals surface area contributed by atoms with E-state index in [2.05, 4.69) is 13.2 Å². The zero-order valence-corrected chi connectivity index (χ0v) is 8.32. The second-order valence-corrected chi connectivity index (χ2v) is 1.63. The van der Waals surface area contributed by atoms with Crippen LogP contribution in [0.1, 0.15) is 6.92 Å². The molecule has 0 aromatic rings. The zero-order valence-electron chi connectivity index (χ0n) is 6.91. The Morgan fingerprint density at radius 3 is 1.50 bits per heavy atom. The van der Waals surface area contributed by atoms with Crippen LogP contribution in [0.15, 0.2) is 24.8 Å². The van der Waals surface area contributed by atoms with Crippen molar-refractivity contribution in [1.29, 1.82) is 0 Å². The Hall–Kier alpha value is -1.15. The summed E-state index contributed by atoms with van der Waals surface area (Å²) in [6, 6.07) is 0. The molecule has 12 heavy (non-hydrogen) atoms. The molecule has 0 aliphatic heterocycles. The van der Waals surface area contributed by atoms with E-state index < -0.39 is 11.9 Å². The molecule has 0 aliphatic rings. The maximum Gasteiger partial charge on any atom is 0.330 e. The average molecular weight is 192 g/mol. The van der Waals surface area contributed by atoms with Gasteiger partial charge < -0.3 is 10.2 Å². The average Bonchev–Trinajstić information content (AvgIpc) is 1.89. The third-order valence-corrected chi connectivity index (χ3v) is 0.540. The molecule has 70 valence electrons. The molecule has 2 N–H and O–H groups in total. The molecule has 1 unspecified atom stereocenters. The van der Waals surface area contributed by atoms with Crippen molar-refractivity contribution in [1.82, 2.24) is 0 Å². The fraction of sp³-hybridized carbons (Fsp3) is 0.143. The summed E-state index contributed by atoms with van der Waals surface area (Å²) in [5.74, 6) is -1.92. The van der Waals surface area contributed by atoms with E-state index in [1.54, 1.807) is 0 Å². The molecule has 0 aromatic heterocycles. The van der Waals surface area contributed by atoms with E-state index in [0.717, 1.165) is 6.08 Å². The molecule has 0 rings (SSSR count). The van der Waals surface area contributed by atoms with E-state index in [4.69, 9.17) is 10.2 Å². The Kier molecular flexibility index (Phi) is 14.0. The highest BCUT2D eigenvalue weighted by Crippen LogP contribution is 1.81. The van der Waals surface area contributed by atoms with Gasteiger partial charge in [-0.05, 0) is 6.92 Å². The summed E-state index contributed by atoms with van der Waals surface area (Å²) in [5, 5.41) is 15.5. The topological polar surface area (TPSA) is 74.6 Å². The number of rotatable bonds is 2. The minimum Gasteiger partial charge on any atom is -0.478 e. The van der Waals surface area contributed by atoms with Crippen LogP contribution in [0, 0.1) is 0 Å². The van der Waals surface area contributed by atoms with Crippen LogP contribution in [0.2, 0.25) is 0 Å². The molecule has 1 atom stereocenters. The molecule has 0 bridgehead atoms. The number of carboxylic acids is 2. The lowest BCUT2D eigenvalue weighted by Gasteiger charge is -1.79. The summed E-state index contributed by atoms with van der Waals surface area (Å²) in [6.45, 7) is 7.56. The minimum absolute atomic E-state index is 0. The van der Waals surface area contributed by atoms with Crippen LogP contribution in [-0.2, 0) is 9.59 Å². The first-order valence-electron chi connectivity index (χ1n) is 2.66.